The fourth-order valence-corrected chi connectivity index (χ4v) is 2.57. The SMILES string of the molecule is C[C@@H](Oc1ccc(/C=C2\C(=O)NC(=O)N(c3cccc(F)c3)C2=O)cc1)C(=O)O. The van der Waals surface area contributed by atoms with E-state index in [0.717, 1.165) is 12.1 Å². The van der Waals surface area contributed by atoms with E-state index in [1.54, 1.807) is 0 Å². The molecule has 4 amide bonds. The summed E-state index contributed by atoms with van der Waals surface area (Å²) < 4.78 is 18.7. The van der Waals surface area contributed by atoms with Gasteiger partial charge in [-0.25, -0.2) is 18.9 Å². The summed E-state index contributed by atoms with van der Waals surface area (Å²) in [6, 6.07) is 9.87. The van der Waals surface area contributed by atoms with Crippen molar-refractivity contribution in [2.45, 2.75) is 13.0 Å². The number of hydrogen-bond donors (Lipinski definition) is 2. The standard InChI is InChI=1S/C20H15FN2O6/c1-11(19(26)27)29-15-7-5-12(6-8-15)9-16-17(24)22-20(28)23(18(16)25)14-4-2-3-13(21)10-14/h2-11H,1H3,(H,26,27)(H,22,24,28)/b16-9+/t11-/m1/s1. The third-order valence-electron chi connectivity index (χ3n) is 4.02. The first-order valence-electron chi connectivity index (χ1n) is 8.43. The summed E-state index contributed by atoms with van der Waals surface area (Å²) in [7, 11) is 0. The van der Waals surface area contributed by atoms with Crippen molar-refractivity contribution in [2.24, 2.45) is 0 Å². The van der Waals surface area contributed by atoms with Crippen molar-refractivity contribution >= 4 is 35.6 Å². The Labute approximate surface area is 164 Å². The fraction of sp³-hybridized carbons (Fsp3) is 0.100. The fourth-order valence-electron chi connectivity index (χ4n) is 2.57. The lowest BCUT2D eigenvalue weighted by atomic mass is 10.1. The number of carboxylic acids is 1. The Morgan fingerprint density at radius 2 is 1.86 bits per heavy atom. The Kier molecular flexibility index (Phi) is 5.40. The number of carbonyl (C=O) groups is 4. The van der Waals surface area contributed by atoms with Crippen LogP contribution in [0.3, 0.4) is 0 Å². The van der Waals surface area contributed by atoms with Gasteiger partial charge in [0.05, 0.1) is 5.69 Å². The number of ether oxygens (including phenoxy) is 1. The number of carbonyl (C=O) groups excluding carboxylic acids is 3. The number of halogens is 1. The molecule has 2 aromatic carbocycles. The molecule has 148 valence electrons. The summed E-state index contributed by atoms with van der Waals surface area (Å²) in [6.07, 6.45) is 0.219. The van der Waals surface area contributed by atoms with E-state index in [0.29, 0.717) is 10.5 Å². The Bertz CT molecular complexity index is 1030. The van der Waals surface area contributed by atoms with Crippen LogP contribution in [0, 0.1) is 5.82 Å². The molecule has 0 spiro atoms. The number of anilines is 1. The number of nitrogens with one attached hydrogen (secondary N) is 1. The Morgan fingerprint density at radius 1 is 1.17 bits per heavy atom. The maximum atomic E-state index is 13.5. The molecule has 0 aliphatic carbocycles. The van der Waals surface area contributed by atoms with Crippen molar-refractivity contribution in [3.63, 3.8) is 0 Å². The molecule has 0 unspecified atom stereocenters. The molecule has 0 bridgehead atoms. The highest BCUT2D eigenvalue weighted by atomic mass is 19.1. The predicted molar refractivity (Wildman–Crippen MR) is 99.6 cm³/mol. The minimum atomic E-state index is -1.12. The van der Waals surface area contributed by atoms with E-state index < -0.39 is 35.7 Å². The lowest BCUT2D eigenvalue weighted by molar-refractivity contribution is -0.144. The van der Waals surface area contributed by atoms with Crippen LogP contribution in [0.1, 0.15) is 12.5 Å². The highest BCUT2D eigenvalue weighted by molar-refractivity contribution is 6.39. The van der Waals surface area contributed by atoms with E-state index in [4.69, 9.17) is 9.84 Å². The van der Waals surface area contributed by atoms with Crippen molar-refractivity contribution in [1.82, 2.24) is 5.32 Å². The predicted octanol–water partition coefficient (Wildman–Crippen LogP) is 2.34. The monoisotopic (exact) mass is 398 g/mol. The van der Waals surface area contributed by atoms with Crippen molar-refractivity contribution < 1.29 is 33.4 Å². The van der Waals surface area contributed by atoms with Gasteiger partial charge in [-0.2, -0.15) is 0 Å². The number of imide groups is 2. The second-order valence-electron chi connectivity index (χ2n) is 6.11. The zero-order chi connectivity index (χ0) is 21.1. The smallest absolute Gasteiger partial charge is 0.344 e. The lowest BCUT2D eigenvalue weighted by Crippen LogP contribution is -2.54. The van der Waals surface area contributed by atoms with Gasteiger partial charge >= 0.3 is 12.0 Å². The first-order chi connectivity index (χ1) is 13.8. The zero-order valence-corrected chi connectivity index (χ0v) is 15.1. The molecule has 0 saturated carbocycles. The molecular formula is C20H15FN2O6. The van der Waals surface area contributed by atoms with Crippen LogP contribution >= 0.6 is 0 Å². The average Bonchev–Trinajstić information content (AvgIpc) is 2.66. The van der Waals surface area contributed by atoms with Gasteiger partial charge in [0, 0.05) is 0 Å². The molecule has 1 saturated heterocycles. The minimum Gasteiger partial charge on any atom is -0.479 e. The average molecular weight is 398 g/mol. The van der Waals surface area contributed by atoms with E-state index >= 15 is 0 Å². The molecule has 29 heavy (non-hydrogen) atoms. The van der Waals surface area contributed by atoms with Crippen LogP contribution < -0.4 is 15.0 Å². The van der Waals surface area contributed by atoms with E-state index in [1.807, 2.05) is 5.32 Å². The van der Waals surface area contributed by atoms with Crippen molar-refractivity contribution in [2.75, 3.05) is 4.90 Å². The molecule has 0 aromatic heterocycles. The number of rotatable bonds is 5. The van der Waals surface area contributed by atoms with Crippen LogP contribution in [-0.4, -0.2) is 35.0 Å². The molecule has 1 atom stereocenters. The topological polar surface area (TPSA) is 113 Å². The van der Waals surface area contributed by atoms with Gasteiger partial charge in [-0.15, -0.1) is 0 Å². The molecule has 2 aromatic rings. The largest absolute Gasteiger partial charge is 0.479 e. The molecule has 1 aliphatic heterocycles. The third kappa shape index (κ3) is 4.29. The molecule has 1 fully saturated rings. The van der Waals surface area contributed by atoms with Gasteiger partial charge in [0.2, 0.25) is 0 Å². The summed E-state index contributed by atoms with van der Waals surface area (Å²) >= 11 is 0. The van der Waals surface area contributed by atoms with Crippen LogP contribution in [0.25, 0.3) is 6.08 Å². The third-order valence-corrected chi connectivity index (χ3v) is 4.02. The van der Waals surface area contributed by atoms with E-state index in [-0.39, 0.29) is 17.0 Å². The van der Waals surface area contributed by atoms with Gasteiger partial charge < -0.3 is 9.84 Å². The van der Waals surface area contributed by atoms with E-state index in [9.17, 15) is 23.6 Å². The second-order valence-corrected chi connectivity index (χ2v) is 6.11. The van der Waals surface area contributed by atoms with Gasteiger partial charge in [-0.05, 0) is 48.9 Å². The van der Waals surface area contributed by atoms with Crippen LogP contribution in [-0.2, 0) is 14.4 Å². The van der Waals surface area contributed by atoms with Crippen LogP contribution in [0.5, 0.6) is 5.75 Å². The van der Waals surface area contributed by atoms with Gasteiger partial charge in [0.15, 0.2) is 6.10 Å². The Morgan fingerprint density at radius 3 is 2.48 bits per heavy atom. The quantitative estimate of drug-likeness (QED) is 0.591. The summed E-state index contributed by atoms with van der Waals surface area (Å²) in [5, 5.41) is 10.9. The number of carboxylic acid groups (broad SMARTS) is 1. The van der Waals surface area contributed by atoms with Crippen molar-refractivity contribution in [3.8, 4) is 5.75 Å². The highest BCUT2D eigenvalue weighted by Crippen LogP contribution is 2.23. The summed E-state index contributed by atoms with van der Waals surface area (Å²) in [5.41, 5.74) is 0.103. The van der Waals surface area contributed by atoms with Gasteiger partial charge in [-0.1, -0.05) is 18.2 Å². The number of hydrogen-bond acceptors (Lipinski definition) is 5. The molecule has 8 nitrogen and oxygen atoms in total. The summed E-state index contributed by atoms with van der Waals surface area (Å²) in [5.74, 6) is -3.26. The molecule has 0 radical (unpaired) electrons. The minimum absolute atomic E-state index is 0.0164. The van der Waals surface area contributed by atoms with Crippen LogP contribution in [0.2, 0.25) is 0 Å². The second kappa shape index (κ2) is 7.93. The maximum Gasteiger partial charge on any atom is 0.344 e. The van der Waals surface area contributed by atoms with Crippen LogP contribution in [0.4, 0.5) is 14.9 Å². The molecule has 1 aliphatic rings. The summed E-state index contributed by atoms with van der Waals surface area (Å²) in [4.78, 5) is 48.4. The number of aliphatic carboxylic acids is 1. The maximum absolute atomic E-state index is 13.5. The number of barbiturate groups is 1. The molecule has 9 heteroatoms. The van der Waals surface area contributed by atoms with Gasteiger partial charge in [0.1, 0.15) is 17.1 Å². The van der Waals surface area contributed by atoms with Gasteiger partial charge in [0.25, 0.3) is 11.8 Å². The number of urea groups is 1. The Balaban J connectivity index is 1.87. The molecular weight excluding hydrogens is 383 g/mol. The first kappa shape index (κ1) is 19.7. The van der Waals surface area contributed by atoms with E-state index in [2.05, 4.69) is 0 Å². The number of benzene rings is 2. The number of nitrogens with zero attached hydrogens (tertiary/aromatic N) is 1. The first-order valence-corrected chi connectivity index (χ1v) is 8.43. The van der Waals surface area contributed by atoms with Gasteiger partial charge in [-0.3, -0.25) is 14.9 Å². The molecule has 2 N–H and O–H groups in total. The highest BCUT2D eigenvalue weighted by Gasteiger charge is 2.36. The lowest BCUT2D eigenvalue weighted by Gasteiger charge is -2.26. The Hall–Kier alpha value is -4.01. The normalized spacial score (nSPS) is 16.6. The molecule has 1 heterocycles. The van der Waals surface area contributed by atoms with Crippen molar-refractivity contribution in [3.05, 3.63) is 65.5 Å². The summed E-state index contributed by atoms with van der Waals surface area (Å²) in [6.45, 7) is 1.38. The van der Waals surface area contributed by atoms with E-state index in [1.165, 1.54) is 49.4 Å². The van der Waals surface area contributed by atoms with Crippen LogP contribution in [0.15, 0.2) is 54.1 Å². The number of amides is 4. The zero-order valence-electron chi connectivity index (χ0n) is 15.1. The molecule has 3 rings (SSSR count). The van der Waals surface area contributed by atoms with Crippen molar-refractivity contribution in [1.29, 1.82) is 0 Å².